The lowest BCUT2D eigenvalue weighted by atomic mass is 10.0. The predicted octanol–water partition coefficient (Wildman–Crippen LogP) is 4.17. The summed E-state index contributed by atoms with van der Waals surface area (Å²) in [6, 6.07) is 9.39. The Balaban J connectivity index is 2.12. The lowest BCUT2D eigenvalue weighted by molar-refractivity contribution is 0.0699. The molecule has 0 aliphatic carbocycles. The van der Waals surface area contributed by atoms with Crippen LogP contribution in [0.5, 0.6) is 0 Å². The normalized spacial score (nSPS) is 11.3. The minimum absolute atomic E-state index is 0.269. The molecule has 0 fully saturated rings. The van der Waals surface area contributed by atoms with Crippen LogP contribution in [0.1, 0.15) is 27.0 Å². The van der Waals surface area contributed by atoms with Crippen LogP contribution in [-0.4, -0.2) is 25.4 Å². The van der Waals surface area contributed by atoms with Crippen LogP contribution in [0.15, 0.2) is 42.7 Å². The van der Waals surface area contributed by atoms with Gasteiger partial charge in [0.15, 0.2) is 0 Å². The van der Waals surface area contributed by atoms with E-state index in [4.69, 9.17) is 4.98 Å². The van der Waals surface area contributed by atoms with Gasteiger partial charge in [-0.2, -0.15) is 0 Å². The summed E-state index contributed by atoms with van der Waals surface area (Å²) < 4.78 is 1.94. The van der Waals surface area contributed by atoms with Crippen LogP contribution in [0.2, 0.25) is 0 Å². The van der Waals surface area contributed by atoms with E-state index in [2.05, 4.69) is 4.98 Å². The Bertz CT molecular complexity index is 1160. The van der Waals surface area contributed by atoms with E-state index in [1.165, 1.54) is 0 Å². The van der Waals surface area contributed by atoms with Gasteiger partial charge >= 0.3 is 5.97 Å². The van der Waals surface area contributed by atoms with Crippen molar-refractivity contribution in [2.45, 2.75) is 20.8 Å². The Hall–Kier alpha value is -3.21. The quantitative estimate of drug-likeness (QED) is 0.598. The van der Waals surface area contributed by atoms with Gasteiger partial charge in [-0.3, -0.25) is 4.40 Å². The number of nitrogens with zero attached hydrogens (tertiary/aromatic N) is 3. The second kappa shape index (κ2) is 5.41. The molecule has 5 nitrogen and oxygen atoms in total. The second-order valence-electron chi connectivity index (χ2n) is 6.36. The number of rotatable bonds is 2. The van der Waals surface area contributed by atoms with Crippen molar-refractivity contribution in [3.8, 4) is 11.4 Å². The number of carboxylic acids is 1. The van der Waals surface area contributed by atoms with E-state index in [0.717, 1.165) is 33.5 Å². The summed E-state index contributed by atoms with van der Waals surface area (Å²) >= 11 is 0. The molecule has 0 radical (unpaired) electrons. The minimum atomic E-state index is -0.949. The van der Waals surface area contributed by atoms with Crippen LogP contribution in [0.3, 0.4) is 0 Å². The van der Waals surface area contributed by atoms with Crippen molar-refractivity contribution in [2.75, 3.05) is 0 Å². The molecule has 3 aromatic heterocycles. The van der Waals surface area contributed by atoms with E-state index in [1.807, 2.05) is 55.6 Å². The van der Waals surface area contributed by atoms with E-state index < -0.39 is 5.97 Å². The van der Waals surface area contributed by atoms with Crippen molar-refractivity contribution >= 4 is 22.5 Å². The summed E-state index contributed by atoms with van der Waals surface area (Å²) in [5.41, 5.74) is 6.31. The molecule has 4 rings (SSSR count). The molecule has 1 N–H and O–H groups in total. The third-order valence-electron chi connectivity index (χ3n) is 4.46. The largest absolute Gasteiger partial charge is 0.478 e. The highest BCUT2D eigenvalue weighted by Crippen LogP contribution is 2.30. The Morgan fingerprint density at radius 1 is 1.08 bits per heavy atom. The number of carbonyl (C=O) groups is 1. The zero-order valence-electron chi connectivity index (χ0n) is 14.2. The summed E-state index contributed by atoms with van der Waals surface area (Å²) in [6.45, 7) is 5.91. The highest BCUT2D eigenvalue weighted by Gasteiger charge is 2.18. The molecule has 3 heterocycles. The Labute approximate surface area is 144 Å². The first-order chi connectivity index (χ1) is 12.0. The Kier molecular flexibility index (Phi) is 3.32. The average molecular weight is 331 g/mol. The zero-order chi connectivity index (χ0) is 17.7. The number of hydrogen-bond donors (Lipinski definition) is 1. The van der Waals surface area contributed by atoms with Crippen LogP contribution in [0.25, 0.3) is 27.9 Å². The van der Waals surface area contributed by atoms with E-state index in [-0.39, 0.29) is 5.56 Å². The zero-order valence-corrected chi connectivity index (χ0v) is 14.2. The average Bonchev–Trinajstić information content (AvgIpc) is 2.89. The van der Waals surface area contributed by atoms with Gasteiger partial charge in [-0.1, -0.05) is 11.6 Å². The number of pyridine rings is 1. The molecule has 0 aliphatic heterocycles. The minimum Gasteiger partial charge on any atom is -0.478 e. The molecule has 0 spiro atoms. The van der Waals surface area contributed by atoms with E-state index in [0.29, 0.717) is 11.1 Å². The molecule has 0 aliphatic rings. The van der Waals surface area contributed by atoms with E-state index >= 15 is 0 Å². The van der Waals surface area contributed by atoms with Gasteiger partial charge < -0.3 is 5.11 Å². The van der Waals surface area contributed by atoms with Crippen molar-refractivity contribution in [3.63, 3.8) is 0 Å². The molecule has 4 aromatic rings. The first kappa shape index (κ1) is 15.3. The number of aryl methyl sites for hydroxylation is 3. The summed E-state index contributed by atoms with van der Waals surface area (Å²) in [6.07, 6.45) is 3.65. The number of aromatic nitrogens is 3. The molecule has 124 valence electrons. The van der Waals surface area contributed by atoms with Gasteiger partial charge in [0.05, 0.1) is 22.5 Å². The van der Waals surface area contributed by atoms with Gasteiger partial charge in [-0.05, 0) is 56.2 Å². The molecule has 1 aromatic carbocycles. The second-order valence-corrected chi connectivity index (χ2v) is 6.36. The lowest BCUT2D eigenvalue weighted by Crippen LogP contribution is -2.03. The summed E-state index contributed by atoms with van der Waals surface area (Å²) in [5, 5.41) is 10.4. The SMILES string of the molecule is Cc1cc(C)c2nc(-c3c(C)cc4ncccn34)cc(C(=O)O)c2c1. The van der Waals surface area contributed by atoms with E-state index in [9.17, 15) is 9.90 Å². The first-order valence-electron chi connectivity index (χ1n) is 8.04. The molecular weight excluding hydrogens is 314 g/mol. The van der Waals surface area contributed by atoms with Crippen molar-refractivity contribution in [1.29, 1.82) is 0 Å². The molecule has 0 atom stereocenters. The number of fused-ring (bicyclic) bond motifs is 2. The number of carboxylic acid groups (broad SMARTS) is 1. The highest BCUT2D eigenvalue weighted by atomic mass is 16.4. The third-order valence-corrected chi connectivity index (χ3v) is 4.46. The van der Waals surface area contributed by atoms with Crippen molar-refractivity contribution in [2.24, 2.45) is 0 Å². The van der Waals surface area contributed by atoms with Crippen LogP contribution >= 0.6 is 0 Å². The fourth-order valence-electron chi connectivity index (χ4n) is 3.43. The maximum Gasteiger partial charge on any atom is 0.336 e. The molecule has 25 heavy (non-hydrogen) atoms. The molecule has 0 unspecified atom stereocenters. The monoisotopic (exact) mass is 331 g/mol. The molecule has 5 heteroatoms. The van der Waals surface area contributed by atoms with Crippen LogP contribution in [0, 0.1) is 20.8 Å². The lowest BCUT2D eigenvalue weighted by Gasteiger charge is -2.11. The number of hydrogen-bond acceptors (Lipinski definition) is 3. The number of aromatic carboxylic acids is 1. The molecule has 0 saturated carbocycles. The highest BCUT2D eigenvalue weighted by molar-refractivity contribution is 6.04. The fourth-order valence-corrected chi connectivity index (χ4v) is 3.43. The molecular formula is C20H17N3O2. The van der Waals surface area contributed by atoms with Gasteiger partial charge in [-0.25, -0.2) is 14.8 Å². The van der Waals surface area contributed by atoms with Crippen molar-refractivity contribution < 1.29 is 9.90 Å². The van der Waals surface area contributed by atoms with Gasteiger partial charge in [0.25, 0.3) is 0 Å². The van der Waals surface area contributed by atoms with Gasteiger partial charge in [0.2, 0.25) is 0 Å². The molecule has 0 saturated heterocycles. The number of benzene rings is 1. The summed E-state index contributed by atoms with van der Waals surface area (Å²) in [7, 11) is 0. The maximum absolute atomic E-state index is 11.9. The summed E-state index contributed by atoms with van der Waals surface area (Å²) in [5.74, 6) is -0.949. The smallest absolute Gasteiger partial charge is 0.336 e. The van der Waals surface area contributed by atoms with Crippen LogP contribution in [-0.2, 0) is 0 Å². The van der Waals surface area contributed by atoms with Crippen LogP contribution < -0.4 is 0 Å². The van der Waals surface area contributed by atoms with Gasteiger partial charge in [0, 0.05) is 17.8 Å². The van der Waals surface area contributed by atoms with Crippen LogP contribution in [0.4, 0.5) is 0 Å². The topological polar surface area (TPSA) is 67.5 Å². The Morgan fingerprint density at radius 3 is 2.64 bits per heavy atom. The molecule has 0 amide bonds. The van der Waals surface area contributed by atoms with E-state index in [1.54, 1.807) is 12.3 Å². The first-order valence-corrected chi connectivity index (χ1v) is 8.04. The summed E-state index contributed by atoms with van der Waals surface area (Å²) in [4.78, 5) is 21.0. The van der Waals surface area contributed by atoms with Crippen molar-refractivity contribution in [3.05, 3.63) is 65.0 Å². The predicted molar refractivity (Wildman–Crippen MR) is 97.1 cm³/mol. The standard InChI is InChI=1S/C20H17N3O2/c1-11-7-12(2)18-14(8-11)15(20(24)25)10-16(22-18)19-13(3)9-17-21-5-4-6-23(17)19/h4-10H,1-3H3,(H,24,25). The fraction of sp³-hybridized carbons (Fsp3) is 0.150. The van der Waals surface area contributed by atoms with Gasteiger partial charge in [-0.15, -0.1) is 0 Å². The third kappa shape index (κ3) is 2.36. The van der Waals surface area contributed by atoms with Crippen molar-refractivity contribution in [1.82, 2.24) is 14.4 Å². The van der Waals surface area contributed by atoms with Gasteiger partial charge in [0.1, 0.15) is 5.65 Å². The Morgan fingerprint density at radius 2 is 1.88 bits per heavy atom. The molecule has 0 bridgehead atoms. The maximum atomic E-state index is 11.9.